The minimum Gasteiger partial charge on any atom is -0.480 e. The van der Waals surface area contributed by atoms with Gasteiger partial charge in [0.1, 0.15) is 6.04 Å². The molecule has 1 unspecified atom stereocenters. The van der Waals surface area contributed by atoms with Gasteiger partial charge in [0, 0.05) is 18.9 Å². The quantitative estimate of drug-likeness (QED) is 0.742. The second-order valence-corrected chi connectivity index (χ2v) is 3.42. The third-order valence-electron chi connectivity index (χ3n) is 2.18. The largest absolute Gasteiger partial charge is 0.480 e. The summed E-state index contributed by atoms with van der Waals surface area (Å²) in [5.74, 6) is -0.786. The van der Waals surface area contributed by atoms with Crippen molar-refractivity contribution in [2.45, 2.75) is 32.4 Å². The molecule has 0 aromatic carbocycles. The normalized spacial score (nSPS) is 12.3. The van der Waals surface area contributed by atoms with E-state index in [9.17, 15) is 4.79 Å². The highest BCUT2D eigenvalue weighted by Crippen LogP contribution is 2.00. The van der Waals surface area contributed by atoms with Gasteiger partial charge in [-0.1, -0.05) is 13.3 Å². The van der Waals surface area contributed by atoms with Crippen LogP contribution in [0.4, 0.5) is 0 Å². The number of aromatic nitrogens is 1. The molecule has 1 atom stereocenters. The highest BCUT2D eigenvalue weighted by Gasteiger charge is 2.14. The zero-order chi connectivity index (χ0) is 11.1. The first-order valence-corrected chi connectivity index (χ1v) is 5.09. The molecule has 0 amide bonds. The number of hydrogen-bond acceptors (Lipinski definition) is 3. The second-order valence-electron chi connectivity index (χ2n) is 3.42. The molecule has 0 spiro atoms. The number of hydrogen-bond donors (Lipinski definition) is 2. The van der Waals surface area contributed by atoms with Crippen LogP contribution in [-0.2, 0) is 11.3 Å². The molecule has 0 saturated carbocycles. The molecule has 0 aliphatic rings. The van der Waals surface area contributed by atoms with Gasteiger partial charge < -0.3 is 10.4 Å². The molecule has 82 valence electrons. The molecule has 1 rings (SSSR count). The maximum Gasteiger partial charge on any atom is 0.320 e. The van der Waals surface area contributed by atoms with Crippen molar-refractivity contribution in [3.05, 3.63) is 30.1 Å². The Morgan fingerprint density at radius 1 is 1.53 bits per heavy atom. The Balaban J connectivity index is 2.43. The van der Waals surface area contributed by atoms with Gasteiger partial charge in [-0.2, -0.15) is 0 Å². The topological polar surface area (TPSA) is 62.2 Å². The molecule has 0 aliphatic heterocycles. The highest BCUT2D eigenvalue weighted by molar-refractivity contribution is 5.73. The van der Waals surface area contributed by atoms with Gasteiger partial charge in [-0.05, 0) is 24.1 Å². The van der Waals surface area contributed by atoms with E-state index in [-0.39, 0.29) is 0 Å². The number of rotatable bonds is 6. The summed E-state index contributed by atoms with van der Waals surface area (Å²) in [6, 6.07) is 3.29. The highest BCUT2D eigenvalue weighted by atomic mass is 16.4. The molecule has 1 aromatic rings. The molecule has 0 radical (unpaired) electrons. The summed E-state index contributed by atoms with van der Waals surface area (Å²) < 4.78 is 0. The van der Waals surface area contributed by atoms with Crippen LogP contribution in [0.15, 0.2) is 24.5 Å². The lowest BCUT2D eigenvalue weighted by molar-refractivity contribution is -0.139. The van der Waals surface area contributed by atoms with Crippen molar-refractivity contribution in [3.8, 4) is 0 Å². The van der Waals surface area contributed by atoms with Gasteiger partial charge in [-0.3, -0.25) is 9.78 Å². The standard InChI is InChI=1S/C11H16N2O2/c1-2-3-10(11(14)15)13-8-9-4-6-12-7-5-9/h4-7,10,13H,2-3,8H2,1H3,(H,14,15). The Kier molecular flexibility index (Phi) is 4.77. The number of aliphatic carboxylic acids is 1. The molecule has 1 aromatic heterocycles. The van der Waals surface area contributed by atoms with E-state index in [1.807, 2.05) is 19.1 Å². The van der Waals surface area contributed by atoms with Gasteiger partial charge >= 0.3 is 5.97 Å². The summed E-state index contributed by atoms with van der Waals surface area (Å²) in [7, 11) is 0. The van der Waals surface area contributed by atoms with Crippen molar-refractivity contribution in [3.63, 3.8) is 0 Å². The SMILES string of the molecule is CCCC(NCc1ccncc1)C(=O)O. The average molecular weight is 208 g/mol. The Morgan fingerprint density at radius 2 is 2.20 bits per heavy atom. The minimum absolute atomic E-state index is 0.455. The van der Waals surface area contributed by atoms with Gasteiger partial charge in [-0.25, -0.2) is 0 Å². The summed E-state index contributed by atoms with van der Waals surface area (Å²) in [5.41, 5.74) is 1.05. The molecular weight excluding hydrogens is 192 g/mol. The van der Waals surface area contributed by atoms with Crippen molar-refractivity contribution in [2.75, 3.05) is 0 Å². The van der Waals surface area contributed by atoms with Crippen LogP contribution in [0.1, 0.15) is 25.3 Å². The van der Waals surface area contributed by atoms with Crippen LogP contribution in [0, 0.1) is 0 Å². The number of nitrogens with zero attached hydrogens (tertiary/aromatic N) is 1. The summed E-state index contributed by atoms with van der Waals surface area (Å²) in [6.07, 6.45) is 4.92. The van der Waals surface area contributed by atoms with Gasteiger partial charge in [0.2, 0.25) is 0 Å². The fourth-order valence-electron chi connectivity index (χ4n) is 1.34. The van der Waals surface area contributed by atoms with E-state index < -0.39 is 12.0 Å². The fourth-order valence-corrected chi connectivity index (χ4v) is 1.34. The third-order valence-corrected chi connectivity index (χ3v) is 2.18. The van der Waals surface area contributed by atoms with Crippen LogP contribution < -0.4 is 5.32 Å². The first-order chi connectivity index (χ1) is 7.24. The molecule has 0 aliphatic carbocycles. The van der Waals surface area contributed by atoms with E-state index in [4.69, 9.17) is 5.11 Å². The smallest absolute Gasteiger partial charge is 0.320 e. The average Bonchev–Trinajstić information content (AvgIpc) is 2.25. The van der Waals surface area contributed by atoms with Gasteiger partial charge in [0.15, 0.2) is 0 Å². The van der Waals surface area contributed by atoms with E-state index in [0.29, 0.717) is 13.0 Å². The number of carboxylic acid groups (broad SMARTS) is 1. The lowest BCUT2D eigenvalue weighted by atomic mass is 10.1. The number of carboxylic acids is 1. The van der Waals surface area contributed by atoms with Crippen molar-refractivity contribution >= 4 is 5.97 Å². The summed E-state index contributed by atoms with van der Waals surface area (Å²) in [6.45, 7) is 2.55. The van der Waals surface area contributed by atoms with E-state index in [0.717, 1.165) is 12.0 Å². The number of nitrogens with one attached hydrogen (secondary N) is 1. The third kappa shape index (κ3) is 4.08. The van der Waals surface area contributed by atoms with Gasteiger partial charge in [-0.15, -0.1) is 0 Å². The molecule has 4 heteroatoms. The Bertz CT molecular complexity index is 301. The first-order valence-electron chi connectivity index (χ1n) is 5.09. The Morgan fingerprint density at radius 3 is 2.73 bits per heavy atom. The van der Waals surface area contributed by atoms with Crippen LogP contribution in [0.5, 0.6) is 0 Å². The Labute approximate surface area is 89.3 Å². The van der Waals surface area contributed by atoms with Crippen molar-refractivity contribution in [1.29, 1.82) is 0 Å². The van der Waals surface area contributed by atoms with Crippen molar-refractivity contribution < 1.29 is 9.90 Å². The van der Waals surface area contributed by atoms with Crippen molar-refractivity contribution in [1.82, 2.24) is 10.3 Å². The molecule has 2 N–H and O–H groups in total. The van der Waals surface area contributed by atoms with Crippen LogP contribution in [0.25, 0.3) is 0 Å². The summed E-state index contributed by atoms with van der Waals surface area (Å²) in [4.78, 5) is 14.7. The maximum atomic E-state index is 10.8. The first kappa shape index (κ1) is 11.7. The van der Waals surface area contributed by atoms with E-state index in [2.05, 4.69) is 10.3 Å². The number of carbonyl (C=O) groups is 1. The van der Waals surface area contributed by atoms with E-state index in [1.165, 1.54) is 0 Å². The molecular formula is C11H16N2O2. The molecule has 15 heavy (non-hydrogen) atoms. The van der Waals surface area contributed by atoms with E-state index >= 15 is 0 Å². The summed E-state index contributed by atoms with van der Waals surface area (Å²) in [5, 5.41) is 11.9. The van der Waals surface area contributed by atoms with Crippen LogP contribution in [0.3, 0.4) is 0 Å². The minimum atomic E-state index is -0.786. The fraction of sp³-hybridized carbons (Fsp3) is 0.455. The van der Waals surface area contributed by atoms with Crippen LogP contribution in [0.2, 0.25) is 0 Å². The monoisotopic (exact) mass is 208 g/mol. The molecule has 4 nitrogen and oxygen atoms in total. The predicted octanol–water partition coefficient (Wildman–Crippen LogP) is 1.42. The number of pyridine rings is 1. The summed E-state index contributed by atoms with van der Waals surface area (Å²) >= 11 is 0. The molecule has 0 fully saturated rings. The molecule has 0 saturated heterocycles. The van der Waals surface area contributed by atoms with Gasteiger partial charge in [0.25, 0.3) is 0 Å². The Hall–Kier alpha value is -1.42. The lowest BCUT2D eigenvalue weighted by Gasteiger charge is -2.13. The molecule has 1 heterocycles. The lowest BCUT2D eigenvalue weighted by Crippen LogP contribution is -2.35. The van der Waals surface area contributed by atoms with Crippen LogP contribution >= 0.6 is 0 Å². The predicted molar refractivity (Wildman–Crippen MR) is 57.4 cm³/mol. The van der Waals surface area contributed by atoms with E-state index in [1.54, 1.807) is 12.4 Å². The van der Waals surface area contributed by atoms with Crippen LogP contribution in [-0.4, -0.2) is 22.1 Å². The zero-order valence-electron chi connectivity index (χ0n) is 8.81. The maximum absolute atomic E-state index is 10.8. The molecule has 0 bridgehead atoms. The zero-order valence-corrected chi connectivity index (χ0v) is 8.81. The second kappa shape index (κ2) is 6.14. The van der Waals surface area contributed by atoms with Gasteiger partial charge in [0.05, 0.1) is 0 Å². The van der Waals surface area contributed by atoms with Crippen molar-refractivity contribution in [2.24, 2.45) is 0 Å².